The highest BCUT2D eigenvalue weighted by Crippen LogP contribution is 2.28. The van der Waals surface area contributed by atoms with Crippen molar-refractivity contribution < 1.29 is 0 Å². The highest BCUT2D eigenvalue weighted by atomic mass is 15.1. The molecule has 2 N–H and O–H groups in total. The van der Waals surface area contributed by atoms with E-state index < -0.39 is 0 Å². The fraction of sp³-hybridized carbons (Fsp3) is 0.500. The van der Waals surface area contributed by atoms with Crippen LogP contribution in [0.25, 0.3) is 11.0 Å². The van der Waals surface area contributed by atoms with Gasteiger partial charge in [-0.3, -0.25) is 0 Å². The van der Waals surface area contributed by atoms with E-state index in [1.165, 1.54) is 11.1 Å². The predicted molar refractivity (Wildman–Crippen MR) is 72.1 cm³/mol. The average Bonchev–Trinajstić information content (AvgIpc) is 2.66. The highest BCUT2D eigenvalue weighted by Gasteiger charge is 2.28. The van der Waals surface area contributed by atoms with Gasteiger partial charge in [-0.15, -0.1) is 0 Å². The van der Waals surface area contributed by atoms with Crippen LogP contribution in [0.1, 0.15) is 31.7 Å². The van der Waals surface area contributed by atoms with Gasteiger partial charge < -0.3 is 10.3 Å². The highest BCUT2D eigenvalue weighted by molar-refractivity contribution is 5.77. The van der Waals surface area contributed by atoms with E-state index in [0.29, 0.717) is 6.54 Å². The van der Waals surface area contributed by atoms with Gasteiger partial charge in [0, 0.05) is 19.0 Å². The van der Waals surface area contributed by atoms with Crippen LogP contribution in [0.2, 0.25) is 0 Å². The number of nitrogens with zero attached hydrogens (tertiary/aromatic N) is 2. The summed E-state index contributed by atoms with van der Waals surface area (Å²) < 4.78 is 2.17. The first-order valence-corrected chi connectivity index (χ1v) is 6.15. The Morgan fingerprint density at radius 2 is 2.12 bits per heavy atom. The van der Waals surface area contributed by atoms with E-state index in [1.807, 2.05) is 0 Å². The maximum absolute atomic E-state index is 5.92. The van der Waals surface area contributed by atoms with Crippen LogP contribution in [-0.2, 0) is 12.5 Å². The molecule has 17 heavy (non-hydrogen) atoms. The van der Waals surface area contributed by atoms with Crippen molar-refractivity contribution in [1.29, 1.82) is 0 Å². The minimum absolute atomic E-state index is 0.0400. The van der Waals surface area contributed by atoms with E-state index in [4.69, 9.17) is 10.7 Å². The molecule has 3 heteroatoms. The first-order chi connectivity index (χ1) is 8.01. The van der Waals surface area contributed by atoms with E-state index in [2.05, 4.69) is 50.6 Å². The van der Waals surface area contributed by atoms with Gasteiger partial charge in [0.25, 0.3) is 0 Å². The second-order valence-corrected chi connectivity index (χ2v) is 5.10. The summed E-state index contributed by atoms with van der Waals surface area (Å²) >= 11 is 0. The SMILES string of the molecule is CCC(C)(CN)c1nc2cc(C)ccc2n1C. The summed E-state index contributed by atoms with van der Waals surface area (Å²) in [5.41, 5.74) is 9.37. The van der Waals surface area contributed by atoms with Crippen LogP contribution in [0.3, 0.4) is 0 Å². The third-order valence-electron chi connectivity index (χ3n) is 3.81. The van der Waals surface area contributed by atoms with Gasteiger partial charge in [0.1, 0.15) is 5.82 Å². The first kappa shape index (κ1) is 12.1. The minimum Gasteiger partial charge on any atom is -0.331 e. The number of nitrogens with two attached hydrogens (primary N) is 1. The topological polar surface area (TPSA) is 43.8 Å². The normalized spacial score (nSPS) is 15.1. The van der Waals surface area contributed by atoms with Crippen molar-refractivity contribution in [3.05, 3.63) is 29.6 Å². The standard InChI is InChI=1S/C14H21N3/c1-5-14(3,9-15)13-16-11-8-10(2)6-7-12(11)17(13)4/h6-8H,5,9,15H2,1-4H3. The molecule has 0 bridgehead atoms. The monoisotopic (exact) mass is 231 g/mol. The van der Waals surface area contributed by atoms with E-state index in [9.17, 15) is 0 Å². The van der Waals surface area contributed by atoms with Gasteiger partial charge in [-0.1, -0.05) is 19.9 Å². The number of hydrogen-bond acceptors (Lipinski definition) is 2. The van der Waals surface area contributed by atoms with Gasteiger partial charge >= 0.3 is 0 Å². The lowest BCUT2D eigenvalue weighted by Gasteiger charge is -2.25. The molecule has 0 saturated carbocycles. The molecule has 92 valence electrons. The first-order valence-electron chi connectivity index (χ1n) is 6.15. The van der Waals surface area contributed by atoms with Crippen LogP contribution in [0.15, 0.2) is 18.2 Å². The lowest BCUT2D eigenvalue weighted by atomic mass is 9.87. The van der Waals surface area contributed by atoms with Crippen LogP contribution < -0.4 is 5.73 Å². The molecular formula is C14H21N3. The van der Waals surface area contributed by atoms with E-state index >= 15 is 0 Å². The molecule has 0 aliphatic heterocycles. The van der Waals surface area contributed by atoms with Gasteiger partial charge in [0.15, 0.2) is 0 Å². The predicted octanol–water partition coefficient (Wildman–Crippen LogP) is 2.51. The van der Waals surface area contributed by atoms with Crippen molar-refractivity contribution >= 4 is 11.0 Å². The smallest absolute Gasteiger partial charge is 0.116 e. The van der Waals surface area contributed by atoms with E-state index in [0.717, 1.165) is 17.8 Å². The summed E-state index contributed by atoms with van der Waals surface area (Å²) in [4.78, 5) is 4.77. The molecule has 1 aromatic carbocycles. The Morgan fingerprint density at radius 3 is 2.71 bits per heavy atom. The van der Waals surface area contributed by atoms with Crippen molar-refractivity contribution in [3.8, 4) is 0 Å². The molecule has 1 aromatic heterocycles. The van der Waals surface area contributed by atoms with Crippen LogP contribution >= 0.6 is 0 Å². The number of benzene rings is 1. The van der Waals surface area contributed by atoms with Gasteiger partial charge in [0.05, 0.1) is 11.0 Å². The Morgan fingerprint density at radius 1 is 1.41 bits per heavy atom. The molecule has 1 heterocycles. The molecule has 3 nitrogen and oxygen atoms in total. The Labute approximate surface area is 103 Å². The van der Waals surface area contributed by atoms with Crippen LogP contribution in [0, 0.1) is 6.92 Å². The van der Waals surface area contributed by atoms with Gasteiger partial charge in [0.2, 0.25) is 0 Å². The number of hydrogen-bond donors (Lipinski definition) is 1. The summed E-state index contributed by atoms with van der Waals surface area (Å²) in [5, 5.41) is 0. The van der Waals surface area contributed by atoms with Crippen molar-refractivity contribution in [1.82, 2.24) is 9.55 Å². The van der Waals surface area contributed by atoms with Crippen LogP contribution in [0.4, 0.5) is 0 Å². The third-order valence-corrected chi connectivity index (χ3v) is 3.81. The van der Waals surface area contributed by atoms with Gasteiger partial charge in [-0.25, -0.2) is 4.98 Å². The van der Waals surface area contributed by atoms with Crippen molar-refractivity contribution in [3.63, 3.8) is 0 Å². The van der Waals surface area contributed by atoms with Crippen molar-refractivity contribution in [2.24, 2.45) is 12.8 Å². The van der Waals surface area contributed by atoms with Crippen LogP contribution in [0.5, 0.6) is 0 Å². The van der Waals surface area contributed by atoms with Crippen molar-refractivity contribution in [2.75, 3.05) is 6.54 Å². The molecule has 1 unspecified atom stereocenters. The summed E-state index contributed by atoms with van der Waals surface area (Å²) in [5.74, 6) is 1.09. The maximum atomic E-state index is 5.92. The van der Waals surface area contributed by atoms with E-state index in [1.54, 1.807) is 0 Å². The lowest BCUT2D eigenvalue weighted by Crippen LogP contribution is -2.33. The van der Waals surface area contributed by atoms with Crippen molar-refractivity contribution in [2.45, 2.75) is 32.6 Å². The molecule has 0 amide bonds. The molecule has 0 radical (unpaired) electrons. The summed E-state index contributed by atoms with van der Waals surface area (Å²) in [7, 11) is 2.07. The maximum Gasteiger partial charge on any atom is 0.116 e. The Hall–Kier alpha value is -1.35. The molecule has 0 spiro atoms. The molecule has 0 fully saturated rings. The molecule has 0 saturated heterocycles. The fourth-order valence-corrected chi connectivity index (χ4v) is 2.24. The largest absolute Gasteiger partial charge is 0.331 e. The molecule has 0 aliphatic carbocycles. The third kappa shape index (κ3) is 1.84. The second kappa shape index (κ2) is 4.15. The minimum atomic E-state index is -0.0400. The summed E-state index contributed by atoms with van der Waals surface area (Å²) in [6.07, 6.45) is 1.000. The van der Waals surface area contributed by atoms with E-state index in [-0.39, 0.29) is 5.41 Å². The molecule has 2 aromatic rings. The molecule has 0 aliphatic rings. The molecular weight excluding hydrogens is 210 g/mol. The quantitative estimate of drug-likeness (QED) is 0.882. The summed E-state index contributed by atoms with van der Waals surface area (Å²) in [6, 6.07) is 6.39. The van der Waals surface area contributed by atoms with Gasteiger partial charge in [-0.05, 0) is 31.0 Å². The molecule has 1 atom stereocenters. The average molecular weight is 231 g/mol. The van der Waals surface area contributed by atoms with Crippen LogP contribution in [-0.4, -0.2) is 16.1 Å². The fourth-order valence-electron chi connectivity index (χ4n) is 2.24. The zero-order chi connectivity index (χ0) is 12.6. The second-order valence-electron chi connectivity index (χ2n) is 5.10. The number of aromatic nitrogens is 2. The molecule has 2 rings (SSSR count). The number of rotatable bonds is 3. The Kier molecular flexibility index (Phi) is 2.96. The Balaban J connectivity index is 2.67. The number of imidazole rings is 1. The number of aryl methyl sites for hydroxylation is 2. The number of fused-ring (bicyclic) bond motifs is 1. The Bertz CT molecular complexity index is 536. The zero-order valence-electron chi connectivity index (χ0n) is 11.1. The lowest BCUT2D eigenvalue weighted by molar-refractivity contribution is 0.427. The van der Waals surface area contributed by atoms with Gasteiger partial charge in [-0.2, -0.15) is 0 Å². The zero-order valence-corrected chi connectivity index (χ0v) is 11.1. The summed E-state index contributed by atoms with van der Waals surface area (Å²) in [6.45, 7) is 7.06.